The van der Waals surface area contributed by atoms with E-state index in [1.54, 1.807) is 5.01 Å². The van der Waals surface area contributed by atoms with Gasteiger partial charge in [0.1, 0.15) is 18.4 Å². The molecule has 0 radical (unpaired) electrons. The van der Waals surface area contributed by atoms with Crippen LogP contribution in [0.15, 0.2) is 35.6 Å². The van der Waals surface area contributed by atoms with E-state index in [1.807, 2.05) is 0 Å². The van der Waals surface area contributed by atoms with Crippen LogP contribution < -0.4 is 0 Å². The highest BCUT2D eigenvalue weighted by atomic mass is 35.5. The molecule has 0 aliphatic carbocycles. The van der Waals surface area contributed by atoms with Crippen molar-refractivity contribution in [3.63, 3.8) is 0 Å². The zero-order valence-electron chi connectivity index (χ0n) is 18.5. The summed E-state index contributed by atoms with van der Waals surface area (Å²) < 4.78 is 44.3. The van der Waals surface area contributed by atoms with Crippen molar-refractivity contribution in [2.75, 3.05) is 32.8 Å². The van der Waals surface area contributed by atoms with Gasteiger partial charge in [-0.25, -0.2) is 4.79 Å². The molecular formula is C20H22ClF3N6O5. The van der Waals surface area contributed by atoms with Crippen LogP contribution in [0.5, 0.6) is 0 Å². The molecule has 3 rings (SSSR count). The van der Waals surface area contributed by atoms with E-state index in [2.05, 4.69) is 10.1 Å². The van der Waals surface area contributed by atoms with Crippen LogP contribution in [0, 0.1) is 10.1 Å². The van der Waals surface area contributed by atoms with Gasteiger partial charge >= 0.3 is 23.4 Å². The first-order chi connectivity index (χ1) is 16.3. The van der Waals surface area contributed by atoms with Crippen LogP contribution in [0.3, 0.4) is 0 Å². The lowest BCUT2D eigenvalue weighted by Gasteiger charge is -2.33. The molecule has 1 aliphatic heterocycles. The second-order valence-electron chi connectivity index (χ2n) is 8.11. The SMILES string of the molecule is C[C@](O)(COC(=O)N1CCN(N=Cc2ccc(C(F)(F)F)cc2)CC1)Cn1cc([N+](=O)[O-])nc1Cl. The van der Waals surface area contributed by atoms with Crippen molar-refractivity contribution in [3.05, 3.63) is 57.0 Å². The zero-order chi connectivity index (χ0) is 25.8. The van der Waals surface area contributed by atoms with Crippen LogP contribution in [0.2, 0.25) is 5.28 Å². The fourth-order valence-corrected chi connectivity index (χ4v) is 3.40. The second-order valence-corrected chi connectivity index (χ2v) is 8.45. The first-order valence-corrected chi connectivity index (χ1v) is 10.7. The molecular weight excluding hydrogens is 497 g/mol. The smallest absolute Gasteiger partial charge is 0.416 e. The number of nitro groups is 1. The molecule has 190 valence electrons. The third-order valence-electron chi connectivity index (χ3n) is 5.04. The number of benzene rings is 1. The van der Waals surface area contributed by atoms with Gasteiger partial charge in [0.2, 0.25) is 0 Å². The van der Waals surface area contributed by atoms with Crippen LogP contribution in [0.25, 0.3) is 0 Å². The van der Waals surface area contributed by atoms with Crippen molar-refractivity contribution in [1.29, 1.82) is 0 Å². The number of hydrogen-bond donors (Lipinski definition) is 1. The number of hydrazone groups is 1. The van der Waals surface area contributed by atoms with Crippen LogP contribution in [-0.2, 0) is 17.5 Å². The Morgan fingerprint density at radius 3 is 2.46 bits per heavy atom. The van der Waals surface area contributed by atoms with E-state index in [0.717, 1.165) is 18.3 Å². The molecule has 35 heavy (non-hydrogen) atoms. The fourth-order valence-electron chi connectivity index (χ4n) is 3.20. The maximum atomic E-state index is 12.6. The summed E-state index contributed by atoms with van der Waals surface area (Å²) in [7, 11) is 0. The van der Waals surface area contributed by atoms with Gasteiger partial charge in [-0.15, -0.1) is 0 Å². The number of ether oxygens (including phenoxy) is 1. The maximum absolute atomic E-state index is 12.6. The molecule has 0 spiro atoms. The molecule has 1 saturated heterocycles. The van der Waals surface area contributed by atoms with Gasteiger partial charge in [0.05, 0.1) is 31.4 Å². The van der Waals surface area contributed by atoms with Crippen LogP contribution in [-0.4, -0.2) is 80.2 Å². The fraction of sp³-hybridized carbons (Fsp3) is 0.450. The molecule has 1 aromatic carbocycles. The average molecular weight is 519 g/mol. The molecule has 15 heteroatoms. The van der Waals surface area contributed by atoms with Crippen molar-refractivity contribution >= 4 is 29.7 Å². The van der Waals surface area contributed by atoms with Gasteiger partial charge in [-0.3, -0.25) is 9.58 Å². The summed E-state index contributed by atoms with van der Waals surface area (Å²) >= 11 is 5.84. The van der Waals surface area contributed by atoms with Gasteiger partial charge < -0.3 is 24.9 Å². The van der Waals surface area contributed by atoms with Crippen molar-refractivity contribution in [3.8, 4) is 0 Å². The number of halogens is 4. The molecule has 2 heterocycles. The molecule has 11 nitrogen and oxygen atoms in total. The zero-order valence-corrected chi connectivity index (χ0v) is 19.2. The highest BCUT2D eigenvalue weighted by Gasteiger charge is 2.31. The Bertz CT molecular complexity index is 1080. The van der Waals surface area contributed by atoms with Crippen LogP contribution in [0.4, 0.5) is 23.8 Å². The van der Waals surface area contributed by atoms with E-state index >= 15 is 0 Å². The predicted octanol–water partition coefficient (Wildman–Crippen LogP) is 3.00. The Balaban J connectivity index is 1.45. The Kier molecular flexibility index (Phi) is 7.85. The number of piperazine rings is 1. The average Bonchev–Trinajstić information content (AvgIpc) is 3.16. The third kappa shape index (κ3) is 7.29. The standard InChI is InChI=1S/C20H22ClF3N6O5/c1-19(32,12-28-11-16(30(33)34)26-17(28)21)13-35-18(31)27-6-8-29(9-7-27)25-10-14-2-4-15(5-3-14)20(22,23)24/h2-5,10-11,32H,6-9,12-13H2,1H3/t19-/m1/s1. The molecule has 0 saturated carbocycles. The Labute approximate surface area is 202 Å². The molecule has 1 N–H and O–H groups in total. The van der Waals surface area contributed by atoms with Gasteiger partial charge in [-0.05, 0) is 46.1 Å². The third-order valence-corrected chi connectivity index (χ3v) is 5.34. The van der Waals surface area contributed by atoms with E-state index in [-0.39, 0.29) is 31.5 Å². The molecule has 1 fully saturated rings. The van der Waals surface area contributed by atoms with E-state index in [9.17, 15) is 33.2 Å². The van der Waals surface area contributed by atoms with E-state index in [1.165, 1.54) is 34.7 Å². The topological polar surface area (TPSA) is 126 Å². The lowest BCUT2D eigenvalue weighted by Crippen LogP contribution is -2.48. The van der Waals surface area contributed by atoms with Gasteiger partial charge in [0.15, 0.2) is 0 Å². The number of nitrogens with zero attached hydrogens (tertiary/aromatic N) is 6. The molecule has 1 aliphatic rings. The van der Waals surface area contributed by atoms with Crippen LogP contribution in [0.1, 0.15) is 18.1 Å². The first kappa shape index (κ1) is 26.2. The summed E-state index contributed by atoms with van der Waals surface area (Å²) in [5, 5.41) is 27.0. The van der Waals surface area contributed by atoms with Gasteiger partial charge in [0, 0.05) is 13.1 Å². The Hall–Kier alpha value is -3.39. The van der Waals surface area contributed by atoms with Crippen molar-refractivity contribution in [2.24, 2.45) is 5.10 Å². The molecule has 1 aromatic heterocycles. The Morgan fingerprint density at radius 1 is 1.29 bits per heavy atom. The number of carbonyl (C=O) groups is 1. The summed E-state index contributed by atoms with van der Waals surface area (Å²) in [5.74, 6) is -0.471. The minimum atomic E-state index is -4.40. The minimum absolute atomic E-state index is 0.184. The largest absolute Gasteiger partial charge is 0.446 e. The van der Waals surface area contributed by atoms with E-state index in [4.69, 9.17) is 16.3 Å². The summed E-state index contributed by atoms with van der Waals surface area (Å²) in [5.41, 5.74) is -1.80. The summed E-state index contributed by atoms with van der Waals surface area (Å²) in [6.07, 6.45) is -2.54. The number of hydrogen-bond acceptors (Lipinski definition) is 8. The van der Waals surface area contributed by atoms with Gasteiger partial charge in [-0.2, -0.15) is 18.3 Å². The van der Waals surface area contributed by atoms with Crippen molar-refractivity contribution in [2.45, 2.75) is 25.2 Å². The number of rotatable bonds is 7. The monoisotopic (exact) mass is 518 g/mol. The quantitative estimate of drug-likeness (QED) is 0.339. The molecule has 1 atom stereocenters. The lowest BCUT2D eigenvalue weighted by molar-refractivity contribution is -0.389. The number of alkyl halides is 3. The second kappa shape index (κ2) is 10.5. The van der Waals surface area contributed by atoms with Crippen molar-refractivity contribution < 1.29 is 32.7 Å². The number of amides is 1. The molecule has 0 bridgehead atoms. The maximum Gasteiger partial charge on any atom is 0.416 e. The van der Waals surface area contributed by atoms with Crippen molar-refractivity contribution in [1.82, 2.24) is 19.5 Å². The lowest BCUT2D eigenvalue weighted by atomic mass is 10.1. The highest BCUT2D eigenvalue weighted by Crippen LogP contribution is 2.29. The van der Waals surface area contributed by atoms with E-state index < -0.39 is 34.2 Å². The highest BCUT2D eigenvalue weighted by molar-refractivity contribution is 6.28. The van der Waals surface area contributed by atoms with Gasteiger partial charge in [-0.1, -0.05) is 12.1 Å². The first-order valence-electron chi connectivity index (χ1n) is 10.3. The number of aromatic nitrogens is 2. The van der Waals surface area contributed by atoms with Crippen LogP contribution >= 0.6 is 11.6 Å². The predicted molar refractivity (Wildman–Crippen MR) is 118 cm³/mol. The van der Waals surface area contributed by atoms with E-state index in [0.29, 0.717) is 18.7 Å². The minimum Gasteiger partial charge on any atom is -0.446 e. The number of imidazole rings is 1. The normalized spacial score (nSPS) is 16.4. The number of aliphatic hydroxyl groups is 1. The number of carbonyl (C=O) groups excluding carboxylic acids is 1. The molecule has 0 unspecified atom stereocenters. The van der Waals surface area contributed by atoms with Gasteiger partial charge in [0.25, 0.3) is 0 Å². The molecule has 1 amide bonds. The Morgan fingerprint density at radius 2 is 1.91 bits per heavy atom. The summed E-state index contributed by atoms with van der Waals surface area (Å²) in [4.78, 5) is 27.4. The molecule has 2 aromatic rings. The summed E-state index contributed by atoms with van der Waals surface area (Å²) in [6, 6.07) is 4.60. The summed E-state index contributed by atoms with van der Waals surface area (Å²) in [6.45, 7) is 2.12.